The molecule has 0 radical (unpaired) electrons. The summed E-state index contributed by atoms with van der Waals surface area (Å²) >= 11 is 1.07. The van der Waals surface area contributed by atoms with Gasteiger partial charge in [-0.2, -0.15) is 0 Å². The number of carbonyl (C=O) groups is 2. The van der Waals surface area contributed by atoms with Gasteiger partial charge >= 0.3 is 5.97 Å². The fraction of sp³-hybridized carbons (Fsp3) is 0.667. The van der Waals surface area contributed by atoms with Crippen molar-refractivity contribution in [1.82, 2.24) is 4.90 Å². The number of carbonyl (C=O) groups excluding carboxylic acids is 2. The Balaban J connectivity index is 1.49. The molecule has 220 valence electrons. The maximum atomic E-state index is 13.9. The molecule has 4 aliphatic rings. The molecule has 2 N–H and O–H groups in total. The first-order chi connectivity index (χ1) is 19.0. The van der Waals surface area contributed by atoms with Crippen LogP contribution < -0.4 is 9.47 Å². The predicted molar refractivity (Wildman–Crippen MR) is 150 cm³/mol. The Labute approximate surface area is 240 Å². The van der Waals surface area contributed by atoms with Crippen LogP contribution in [0.3, 0.4) is 0 Å². The van der Waals surface area contributed by atoms with Gasteiger partial charge in [0.1, 0.15) is 5.76 Å². The van der Waals surface area contributed by atoms with Gasteiger partial charge in [-0.3, -0.25) is 9.69 Å². The zero-order chi connectivity index (χ0) is 28.7. The van der Waals surface area contributed by atoms with Crippen LogP contribution in [-0.4, -0.2) is 81.8 Å². The molecule has 0 amide bonds. The molecule has 3 heterocycles. The topological polar surface area (TPSA) is 115 Å². The summed E-state index contributed by atoms with van der Waals surface area (Å²) in [4.78, 5) is 29.0. The minimum Gasteiger partial charge on any atom is -0.497 e. The summed E-state index contributed by atoms with van der Waals surface area (Å²) in [6, 6.07) is 4.04. The number of nitrogens with zero attached hydrogens (tertiary/aromatic N) is 1. The molecular weight excluding hydrogens is 534 g/mol. The van der Waals surface area contributed by atoms with Gasteiger partial charge in [-0.1, -0.05) is 18.7 Å². The Hall–Kier alpha value is -2.27. The van der Waals surface area contributed by atoms with E-state index < -0.39 is 28.8 Å². The highest BCUT2D eigenvalue weighted by Crippen LogP contribution is 2.55. The van der Waals surface area contributed by atoms with Gasteiger partial charge in [0.2, 0.25) is 6.79 Å². The van der Waals surface area contributed by atoms with Crippen molar-refractivity contribution in [2.45, 2.75) is 94.5 Å². The van der Waals surface area contributed by atoms with Gasteiger partial charge in [-0.15, -0.1) is 0 Å². The lowest BCUT2D eigenvalue weighted by Crippen LogP contribution is -2.49. The van der Waals surface area contributed by atoms with Crippen LogP contribution in [0.25, 0.3) is 0 Å². The van der Waals surface area contributed by atoms with Crippen molar-refractivity contribution in [3.8, 4) is 11.5 Å². The Morgan fingerprint density at radius 1 is 1.18 bits per heavy atom. The smallest absolute Gasteiger partial charge is 0.339 e. The average molecular weight is 576 g/mol. The number of hydrogen-bond acceptors (Lipinski definition) is 10. The first-order valence-electron chi connectivity index (χ1n) is 14.3. The molecule has 1 aromatic carbocycles. The summed E-state index contributed by atoms with van der Waals surface area (Å²) in [6.07, 6.45) is 4.40. The second-order valence-electron chi connectivity index (χ2n) is 12.0. The van der Waals surface area contributed by atoms with Crippen LogP contribution in [0.2, 0.25) is 0 Å². The first-order valence-corrected chi connectivity index (χ1v) is 15.2. The van der Waals surface area contributed by atoms with E-state index in [1.807, 2.05) is 19.1 Å². The lowest BCUT2D eigenvalue weighted by atomic mass is 9.77. The summed E-state index contributed by atoms with van der Waals surface area (Å²) in [5, 5.41) is 21.6. The van der Waals surface area contributed by atoms with Crippen LogP contribution in [0.1, 0.15) is 76.3 Å². The summed E-state index contributed by atoms with van der Waals surface area (Å²) < 4.78 is 23.5. The van der Waals surface area contributed by atoms with Gasteiger partial charge in [-0.05, 0) is 94.0 Å². The van der Waals surface area contributed by atoms with E-state index in [1.54, 1.807) is 21.0 Å². The summed E-state index contributed by atoms with van der Waals surface area (Å²) in [5.74, 6) is 1.36. The van der Waals surface area contributed by atoms with Crippen molar-refractivity contribution < 1.29 is 38.7 Å². The molecule has 5 rings (SSSR count). The number of esters is 1. The first kappa shape index (κ1) is 29.2. The van der Waals surface area contributed by atoms with Crippen LogP contribution in [0.4, 0.5) is 0 Å². The van der Waals surface area contributed by atoms with Crippen molar-refractivity contribution in [2.75, 3.05) is 32.7 Å². The van der Waals surface area contributed by atoms with E-state index in [0.29, 0.717) is 30.1 Å². The monoisotopic (exact) mass is 575 g/mol. The van der Waals surface area contributed by atoms with Crippen molar-refractivity contribution in [3.05, 3.63) is 35.1 Å². The number of hydrogen-bond donors (Lipinski definition) is 2. The Kier molecular flexibility index (Phi) is 8.18. The van der Waals surface area contributed by atoms with Crippen molar-refractivity contribution >= 4 is 22.8 Å². The molecule has 1 saturated heterocycles. The molecule has 1 spiro atoms. The van der Waals surface area contributed by atoms with Crippen LogP contribution in [0.5, 0.6) is 11.5 Å². The fourth-order valence-electron chi connectivity index (χ4n) is 6.85. The van der Waals surface area contributed by atoms with Crippen molar-refractivity contribution in [3.63, 3.8) is 0 Å². The van der Waals surface area contributed by atoms with Crippen molar-refractivity contribution in [1.29, 1.82) is 0 Å². The predicted octanol–water partition coefficient (Wildman–Crippen LogP) is 3.69. The second kappa shape index (κ2) is 11.2. The highest BCUT2D eigenvalue weighted by Gasteiger charge is 2.59. The number of benzene rings is 1. The molecule has 0 aromatic heterocycles. The number of fused-ring (bicyclic) bond motifs is 3. The molecule has 4 unspecified atom stereocenters. The molecule has 4 atom stereocenters. The second-order valence-corrected chi connectivity index (χ2v) is 13.3. The van der Waals surface area contributed by atoms with Crippen LogP contribution in [-0.2, 0) is 25.5 Å². The average Bonchev–Trinajstić information content (AvgIpc) is 3.57. The third-order valence-corrected chi connectivity index (χ3v) is 9.45. The zero-order valence-electron chi connectivity index (χ0n) is 23.9. The third kappa shape index (κ3) is 5.47. The van der Waals surface area contributed by atoms with Gasteiger partial charge in [0.05, 0.1) is 30.6 Å². The largest absolute Gasteiger partial charge is 0.497 e. The number of ether oxygens (including phenoxy) is 4. The number of thioether (sulfide) groups is 1. The van der Waals surface area contributed by atoms with E-state index >= 15 is 0 Å². The molecular formula is C30H41NO8S. The molecule has 9 nitrogen and oxygen atoms in total. The maximum absolute atomic E-state index is 13.9. The SMILES string of the molecule is CCSC(=O)CC(O)(CCCC(C)(C)O)C(=O)OC1C(OC)=CC23CCCN2CCc2cc4c(cc2C13)OCO4. The van der Waals surface area contributed by atoms with E-state index in [1.165, 1.54) is 0 Å². The lowest BCUT2D eigenvalue weighted by molar-refractivity contribution is -0.175. The van der Waals surface area contributed by atoms with Gasteiger partial charge < -0.3 is 29.2 Å². The minimum absolute atomic E-state index is 0.00178. The summed E-state index contributed by atoms with van der Waals surface area (Å²) in [7, 11) is 1.57. The molecule has 1 aliphatic carbocycles. The van der Waals surface area contributed by atoms with E-state index in [9.17, 15) is 19.8 Å². The van der Waals surface area contributed by atoms with E-state index in [4.69, 9.17) is 18.9 Å². The van der Waals surface area contributed by atoms with Gasteiger partial charge in [-0.25, -0.2) is 4.79 Å². The number of rotatable bonds is 10. The van der Waals surface area contributed by atoms with Crippen LogP contribution >= 0.6 is 11.8 Å². The lowest BCUT2D eigenvalue weighted by Gasteiger charge is -2.39. The van der Waals surface area contributed by atoms with E-state index in [-0.39, 0.29) is 30.7 Å². The fourth-order valence-corrected chi connectivity index (χ4v) is 7.51. The third-order valence-electron chi connectivity index (χ3n) is 8.70. The molecule has 0 bridgehead atoms. The molecule has 0 saturated carbocycles. The van der Waals surface area contributed by atoms with Gasteiger partial charge in [0.25, 0.3) is 0 Å². The van der Waals surface area contributed by atoms with E-state index in [2.05, 4.69) is 11.0 Å². The number of aliphatic hydroxyl groups is 2. The molecule has 10 heteroatoms. The highest BCUT2D eigenvalue weighted by atomic mass is 32.2. The van der Waals surface area contributed by atoms with Crippen LogP contribution in [0, 0.1) is 0 Å². The van der Waals surface area contributed by atoms with Crippen LogP contribution in [0.15, 0.2) is 24.0 Å². The van der Waals surface area contributed by atoms with Crippen molar-refractivity contribution in [2.24, 2.45) is 0 Å². The Bertz CT molecular complexity index is 1180. The van der Waals surface area contributed by atoms with Gasteiger partial charge in [0, 0.05) is 6.54 Å². The number of methoxy groups -OCH3 is 1. The molecule has 40 heavy (non-hydrogen) atoms. The standard InChI is InChI=1S/C30H41NO8S/c1-5-40-24(32)17-30(35,11-6-9-28(2,3)34)27(33)39-26-23(36-4)16-29-10-7-12-31(29)13-8-19-14-21-22(38-18-37-21)15-20(19)25(26)29/h14-16,25-26,34-35H,5-13,17-18H2,1-4H3. The highest BCUT2D eigenvalue weighted by molar-refractivity contribution is 8.13. The maximum Gasteiger partial charge on any atom is 0.339 e. The van der Waals surface area contributed by atoms with Gasteiger partial charge in [0.15, 0.2) is 28.3 Å². The Morgan fingerprint density at radius 2 is 1.93 bits per heavy atom. The zero-order valence-corrected chi connectivity index (χ0v) is 24.7. The Morgan fingerprint density at radius 3 is 2.62 bits per heavy atom. The molecule has 1 aromatic rings. The molecule has 3 aliphatic heterocycles. The summed E-state index contributed by atoms with van der Waals surface area (Å²) in [5.41, 5.74) is -1.24. The summed E-state index contributed by atoms with van der Waals surface area (Å²) in [6.45, 7) is 7.15. The minimum atomic E-state index is -2.02. The normalized spacial score (nSPS) is 26.7. The van der Waals surface area contributed by atoms with E-state index in [0.717, 1.165) is 61.0 Å². The molecule has 1 fully saturated rings. The quantitative estimate of drug-likeness (QED) is 0.401.